The highest BCUT2D eigenvalue weighted by Crippen LogP contribution is 2.33. The van der Waals surface area contributed by atoms with E-state index in [0.717, 1.165) is 65.1 Å². The Labute approximate surface area is 145 Å². The number of ether oxygens (including phenoxy) is 1. The van der Waals surface area contributed by atoms with Crippen LogP contribution in [0.1, 0.15) is 39.5 Å². The van der Waals surface area contributed by atoms with Crippen molar-refractivity contribution in [3.8, 4) is 0 Å². The number of carbonyl (C=O) groups is 1. The lowest BCUT2D eigenvalue weighted by Crippen LogP contribution is -2.54. The SMILES string of the molecule is CSN1CCC(CNC2CCOCC2)(C(=O)NCC(C)C)CC1. The summed E-state index contributed by atoms with van der Waals surface area (Å²) in [5.74, 6) is 0.734. The standard InChI is InChI=1S/C17H33N3O2S/c1-14(2)12-18-16(21)17(6-8-20(23-3)9-7-17)13-19-15-4-10-22-11-5-15/h14-15,19H,4-13H2,1-3H3,(H,18,21). The maximum absolute atomic E-state index is 12.9. The summed E-state index contributed by atoms with van der Waals surface area (Å²) in [5, 5.41) is 6.85. The first kappa shape index (κ1) is 19.0. The van der Waals surface area contributed by atoms with E-state index in [1.54, 1.807) is 11.9 Å². The first-order valence-electron chi connectivity index (χ1n) is 8.94. The lowest BCUT2D eigenvalue weighted by Gasteiger charge is -2.41. The lowest BCUT2D eigenvalue weighted by molar-refractivity contribution is -0.133. The Morgan fingerprint density at radius 1 is 1.30 bits per heavy atom. The van der Waals surface area contributed by atoms with Crippen molar-refractivity contribution >= 4 is 17.9 Å². The second-order valence-electron chi connectivity index (χ2n) is 7.26. The Bertz CT molecular complexity index is 365. The van der Waals surface area contributed by atoms with Crippen LogP contribution in [0.4, 0.5) is 0 Å². The fraction of sp³-hybridized carbons (Fsp3) is 0.941. The number of hydrogen-bond acceptors (Lipinski definition) is 5. The molecule has 0 aromatic rings. The molecule has 2 aliphatic rings. The fourth-order valence-corrected chi connectivity index (χ4v) is 3.85. The number of carbonyl (C=O) groups excluding carboxylic acids is 1. The Kier molecular flexibility index (Phi) is 7.66. The van der Waals surface area contributed by atoms with Crippen LogP contribution < -0.4 is 10.6 Å². The smallest absolute Gasteiger partial charge is 0.227 e. The van der Waals surface area contributed by atoms with Crippen molar-refractivity contribution < 1.29 is 9.53 Å². The number of hydrogen-bond donors (Lipinski definition) is 2. The highest BCUT2D eigenvalue weighted by Gasteiger charge is 2.41. The summed E-state index contributed by atoms with van der Waals surface area (Å²) in [4.78, 5) is 12.9. The Morgan fingerprint density at radius 2 is 1.96 bits per heavy atom. The Balaban J connectivity index is 1.94. The van der Waals surface area contributed by atoms with Crippen molar-refractivity contribution in [2.45, 2.75) is 45.6 Å². The van der Waals surface area contributed by atoms with E-state index in [-0.39, 0.29) is 11.3 Å². The molecule has 2 aliphatic heterocycles. The molecule has 1 amide bonds. The van der Waals surface area contributed by atoms with Gasteiger partial charge in [-0.15, -0.1) is 0 Å². The van der Waals surface area contributed by atoms with Crippen molar-refractivity contribution in [3.05, 3.63) is 0 Å². The van der Waals surface area contributed by atoms with E-state index in [0.29, 0.717) is 12.0 Å². The van der Waals surface area contributed by atoms with Gasteiger partial charge in [-0.2, -0.15) is 0 Å². The van der Waals surface area contributed by atoms with Crippen molar-refractivity contribution in [2.75, 3.05) is 45.6 Å². The normalized spacial score (nSPS) is 23.1. The molecule has 134 valence electrons. The van der Waals surface area contributed by atoms with Gasteiger partial charge in [0.05, 0.1) is 5.41 Å². The topological polar surface area (TPSA) is 53.6 Å². The van der Waals surface area contributed by atoms with Crippen LogP contribution in [0.5, 0.6) is 0 Å². The van der Waals surface area contributed by atoms with Gasteiger partial charge in [-0.3, -0.25) is 9.10 Å². The summed E-state index contributed by atoms with van der Waals surface area (Å²) in [6, 6.07) is 0.497. The summed E-state index contributed by atoms with van der Waals surface area (Å²) in [7, 11) is 0. The molecule has 0 atom stereocenters. The van der Waals surface area contributed by atoms with Crippen LogP contribution in [0.3, 0.4) is 0 Å². The molecule has 2 saturated heterocycles. The predicted octanol–water partition coefficient (Wildman–Crippen LogP) is 1.89. The van der Waals surface area contributed by atoms with Gasteiger partial charge in [0.1, 0.15) is 0 Å². The molecule has 0 saturated carbocycles. The predicted molar refractivity (Wildman–Crippen MR) is 96.4 cm³/mol. The molecule has 6 heteroatoms. The molecule has 0 spiro atoms. The Morgan fingerprint density at radius 3 is 2.52 bits per heavy atom. The minimum Gasteiger partial charge on any atom is -0.381 e. The minimum absolute atomic E-state index is 0.242. The molecule has 0 aliphatic carbocycles. The van der Waals surface area contributed by atoms with Crippen molar-refractivity contribution in [3.63, 3.8) is 0 Å². The number of amides is 1. The van der Waals surface area contributed by atoms with Gasteiger partial charge in [-0.25, -0.2) is 0 Å². The zero-order chi connectivity index (χ0) is 16.7. The maximum Gasteiger partial charge on any atom is 0.227 e. The van der Waals surface area contributed by atoms with Crippen LogP contribution in [-0.2, 0) is 9.53 Å². The molecule has 0 aromatic heterocycles. The van der Waals surface area contributed by atoms with Gasteiger partial charge in [-0.1, -0.05) is 25.8 Å². The molecule has 0 bridgehead atoms. The zero-order valence-corrected chi connectivity index (χ0v) is 15.7. The molecule has 2 rings (SSSR count). The molecule has 0 aromatic carbocycles. The zero-order valence-electron chi connectivity index (χ0n) is 14.9. The van der Waals surface area contributed by atoms with Gasteiger partial charge >= 0.3 is 0 Å². The Hall–Kier alpha value is -0.300. The highest BCUT2D eigenvalue weighted by molar-refractivity contribution is 7.96. The summed E-state index contributed by atoms with van der Waals surface area (Å²) >= 11 is 1.79. The van der Waals surface area contributed by atoms with Crippen LogP contribution in [0, 0.1) is 11.3 Å². The molecule has 23 heavy (non-hydrogen) atoms. The van der Waals surface area contributed by atoms with Gasteiger partial charge in [0.25, 0.3) is 0 Å². The third kappa shape index (κ3) is 5.62. The monoisotopic (exact) mass is 343 g/mol. The van der Waals surface area contributed by atoms with E-state index < -0.39 is 0 Å². The third-order valence-corrected chi connectivity index (χ3v) is 5.92. The van der Waals surface area contributed by atoms with Gasteiger partial charge in [0.15, 0.2) is 0 Å². The molecule has 2 N–H and O–H groups in total. The van der Waals surface area contributed by atoms with Crippen molar-refractivity contribution in [2.24, 2.45) is 11.3 Å². The lowest BCUT2D eigenvalue weighted by atomic mass is 9.77. The van der Waals surface area contributed by atoms with E-state index in [2.05, 4.69) is 35.0 Å². The molecule has 0 radical (unpaired) electrons. The molecular weight excluding hydrogens is 310 g/mol. The second kappa shape index (κ2) is 9.25. The van der Waals surface area contributed by atoms with Gasteiger partial charge in [0, 0.05) is 45.4 Å². The van der Waals surface area contributed by atoms with Crippen LogP contribution in [0.2, 0.25) is 0 Å². The van der Waals surface area contributed by atoms with Crippen LogP contribution >= 0.6 is 11.9 Å². The third-order valence-electron chi connectivity index (χ3n) is 5.04. The summed E-state index contributed by atoms with van der Waals surface area (Å²) in [6.07, 6.45) is 6.11. The molecule has 2 heterocycles. The van der Waals surface area contributed by atoms with Crippen LogP contribution in [0.15, 0.2) is 0 Å². The van der Waals surface area contributed by atoms with Gasteiger partial charge in [0.2, 0.25) is 5.91 Å². The molecular formula is C17H33N3O2S. The quantitative estimate of drug-likeness (QED) is 0.692. The average Bonchev–Trinajstić information content (AvgIpc) is 2.59. The van der Waals surface area contributed by atoms with Crippen molar-refractivity contribution in [1.82, 2.24) is 14.9 Å². The minimum atomic E-state index is -0.251. The van der Waals surface area contributed by atoms with Crippen LogP contribution in [0.25, 0.3) is 0 Å². The summed E-state index contributed by atoms with van der Waals surface area (Å²) < 4.78 is 7.79. The maximum atomic E-state index is 12.9. The van der Waals surface area contributed by atoms with Gasteiger partial charge in [-0.05, 0) is 37.9 Å². The first-order valence-corrected chi connectivity index (χ1v) is 10.1. The summed E-state index contributed by atoms with van der Waals surface area (Å²) in [5.41, 5.74) is -0.251. The first-order chi connectivity index (χ1) is 11.1. The number of rotatable bonds is 7. The molecule has 0 unspecified atom stereocenters. The second-order valence-corrected chi connectivity index (χ2v) is 8.14. The van der Waals surface area contributed by atoms with E-state index >= 15 is 0 Å². The number of nitrogens with zero attached hydrogens (tertiary/aromatic N) is 1. The van der Waals surface area contributed by atoms with Crippen molar-refractivity contribution in [1.29, 1.82) is 0 Å². The average molecular weight is 344 g/mol. The van der Waals surface area contributed by atoms with Crippen LogP contribution in [-0.4, -0.2) is 61.9 Å². The number of piperidine rings is 1. The highest BCUT2D eigenvalue weighted by atomic mass is 32.2. The number of nitrogens with one attached hydrogen (secondary N) is 2. The summed E-state index contributed by atoms with van der Waals surface area (Å²) in [6.45, 7) is 9.51. The van der Waals surface area contributed by atoms with Gasteiger partial charge < -0.3 is 15.4 Å². The van der Waals surface area contributed by atoms with E-state index in [1.165, 1.54) is 0 Å². The molecule has 5 nitrogen and oxygen atoms in total. The van der Waals surface area contributed by atoms with E-state index in [4.69, 9.17) is 4.74 Å². The van der Waals surface area contributed by atoms with E-state index in [1.807, 2.05) is 0 Å². The largest absolute Gasteiger partial charge is 0.381 e. The molecule has 2 fully saturated rings. The van der Waals surface area contributed by atoms with E-state index in [9.17, 15) is 4.79 Å². The fourth-order valence-electron chi connectivity index (χ4n) is 3.31.